The van der Waals surface area contributed by atoms with E-state index in [0.29, 0.717) is 13.1 Å². The summed E-state index contributed by atoms with van der Waals surface area (Å²) in [6, 6.07) is 13.7. The molecule has 0 aliphatic heterocycles. The van der Waals surface area contributed by atoms with E-state index in [1.807, 2.05) is 68.3 Å². The maximum atomic E-state index is 12.4. The molecule has 0 fully saturated rings. The van der Waals surface area contributed by atoms with Crippen molar-refractivity contribution in [1.82, 2.24) is 4.90 Å². The quantitative estimate of drug-likeness (QED) is 0.769. The Morgan fingerprint density at radius 2 is 1.86 bits per heavy atom. The first-order valence-corrected chi connectivity index (χ1v) is 7.37. The Kier molecular flexibility index (Phi) is 5.16. The number of benzene rings is 2. The first-order chi connectivity index (χ1) is 9.97. The van der Waals surface area contributed by atoms with Gasteiger partial charge in [0, 0.05) is 17.1 Å². The Labute approximate surface area is 131 Å². The van der Waals surface area contributed by atoms with Gasteiger partial charge in [0.25, 0.3) is 0 Å². The van der Waals surface area contributed by atoms with Crippen LogP contribution in [0.15, 0.2) is 42.5 Å². The zero-order valence-electron chi connectivity index (χ0n) is 12.7. The molecule has 21 heavy (non-hydrogen) atoms. The Bertz CT molecular complexity index is 651. The van der Waals surface area contributed by atoms with Crippen LogP contribution in [0.4, 0.5) is 0 Å². The summed E-state index contributed by atoms with van der Waals surface area (Å²) in [6.45, 7) is 5.06. The summed E-state index contributed by atoms with van der Waals surface area (Å²) < 4.78 is 0. The highest BCUT2D eigenvalue weighted by atomic mass is 35.5. The van der Waals surface area contributed by atoms with E-state index in [4.69, 9.17) is 11.6 Å². The number of Topliss-reactive ketones (excluding diaryl/α,β-unsaturated/α-hetero) is 1. The van der Waals surface area contributed by atoms with Crippen LogP contribution in [0.1, 0.15) is 27.0 Å². The van der Waals surface area contributed by atoms with E-state index in [9.17, 15) is 4.79 Å². The fourth-order valence-electron chi connectivity index (χ4n) is 2.43. The molecule has 0 aliphatic rings. The lowest BCUT2D eigenvalue weighted by molar-refractivity contribution is 0.0942. The summed E-state index contributed by atoms with van der Waals surface area (Å²) in [4.78, 5) is 14.4. The lowest BCUT2D eigenvalue weighted by Crippen LogP contribution is -2.26. The molecule has 110 valence electrons. The van der Waals surface area contributed by atoms with Gasteiger partial charge in [0.2, 0.25) is 0 Å². The van der Waals surface area contributed by atoms with E-state index < -0.39 is 0 Å². The molecule has 0 amide bonds. The minimum absolute atomic E-state index is 0.141. The monoisotopic (exact) mass is 301 g/mol. The van der Waals surface area contributed by atoms with Gasteiger partial charge in [-0.3, -0.25) is 9.69 Å². The van der Waals surface area contributed by atoms with Crippen LogP contribution in [-0.2, 0) is 6.54 Å². The van der Waals surface area contributed by atoms with Gasteiger partial charge < -0.3 is 0 Å². The van der Waals surface area contributed by atoms with Crippen LogP contribution in [0, 0.1) is 13.8 Å². The van der Waals surface area contributed by atoms with E-state index in [2.05, 4.69) is 0 Å². The van der Waals surface area contributed by atoms with Crippen molar-refractivity contribution < 1.29 is 4.79 Å². The van der Waals surface area contributed by atoms with E-state index in [-0.39, 0.29) is 5.78 Å². The Balaban J connectivity index is 2.04. The van der Waals surface area contributed by atoms with Gasteiger partial charge in [-0.05, 0) is 38.1 Å². The standard InChI is InChI=1S/C18H20ClNO/c1-13-8-9-16(14(2)10-13)18(21)12-20(3)11-15-6-4-5-7-17(15)19/h4-10H,11-12H2,1-3H3. The maximum Gasteiger partial charge on any atom is 0.177 e. The number of hydrogen-bond donors (Lipinski definition) is 0. The molecule has 3 heteroatoms. The Morgan fingerprint density at radius 3 is 2.52 bits per heavy atom. The highest BCUT2D eigenvalue weighted by Crippen LogP contribution is 2.17. The number of halogens is 1. The number of carbonyl (C=O) groups is 1. The van der Waals surface area contributed by atoms with Gasteiger partial charge in [-0.1, -0.05) is 53.6 Å². The zero-order chi connectivity index (χ0) is 15.4. The predicted molar refractivity (Wildman–Crippen MR) is 88.0 cm³/mol. The molecule has 0 N–H and O–H groups in total. The number of aryl methyl sites for hydroxylation is 2. The van der Waals surface area contributed by atoms with Gasteiger partial charge in [0.1, 0.15) is 0 Å². The molecule has 0 radical (unpaired) electrons. The van der Waals surface area contributed by atoms with Crippen LogP contribution in [0.5, 0.6) is 0 Å². The van der Waals surface area contributed by atoms with Gasteiger partial charge in [0.05, 0.1) is 6.54 Å². The van der Waals surface area contributed by atoms with Crippen molar-refractivity contribution >= 4 is 17.4 Å². The Morgan fingerprint density at radius 1 is 1.14 bits per heavy atom. The second-order valence-electron chi connectivity index (χ2n) is 5.51. The van der Waals surface area contributed by atoms with Crippen LogP contribution >= 0.6 is 11.6 Å². The molecule has 2 aromatic carbocycles. The first-order valence-electron chi connectivity index (χ1n) is 7.00. The minimum Gasteiger partial charge on any atom is -0.295 e. The molecule has 0 atom stereocenters. The number of rotatable bonds is 5. The fourth-order valence-corrected chi connectivity index (χ4v) is 2.63. The van der Waals surface area contributed by atoms with Crippen LogP contribution in [-0.4, -0.2) is 24.3 Å². The molecule has 0 saturated carbocycles. The zero-order valence-corrected chi connectivity index (χ0v) is 13.4. The Hall–Kier alpha value is -1.64. The van der Waals surface area contributed by atoms with Gasteiger partial charge in [-0.15, -0.1) is 0 Å². The normalized spacial score (nSPS) is 10.9. The predicted octanol–water partition coefficient (Wildman–Crippen LogP) is 4.27. The average Bonchev–Trinajstić information content (AvgIpc) is 2.41. The van der Waals surface area contributed by atoms with E-state index in [0.717, 1.165) is 21.7 Å². The van der Waals surface area contributed by atoms with E-state index >= 15 is 0 Å². The summed E-state index contributed by atoms with van der Waals surface area (Å²) >= 11 is 6.15. The molecule has 2 rings (SSSR count). The van der Waals surface area contributed by atoms with Crippen molar-refractivity contribution in [1.29, 1.82) is 0 Å². The summed E-state index contributed by atoms with van der Waals surface area (Å²) in [5, 5.41) is 0.739. The number of carbonyl (C=O) groups excluding carboxylic acids is 1. The molecule has 0 aliphatic carbocycles. The SMILES string of the molecule is Cc1ccc(C(=O)CN(C)Cc2ccccc2Cl)c(C)c1. The summed E-state index contributed by atoms with van der Waals surface area (Å²) in [6.07, 6.45) is 0. The molecule has 0 heterocycles. The van der Waals surface area contributed by atoms with Crippen LogP contribution in [0.25, 0.3) is 0 Å². The highest BCUT2D eigenvalue weighted by Gasteiger charge is 2.13. The molecule has 0 aromatic heterocycles. The topological polar surface area (TPSA) is 20.3 Å². The molecule has 0 spiro atoms. The van der Waals surface area contributed by atoms with Crippen LogP contribution in [0.3, 0.4) is 0 Å². The molecular formula is C18H20ClNO. The third-order valence-corrected chi connectivity index (χ3v) is 3.86. The van der Waals surface area contributed by atoms with Crippen LogP contribution < -0.4 is 0 Å². The van der Waals surface area contributed by atoms with Crippen molar-refractivity contribution in [3.05, 3.63) is 69.7 Å². The molecule has 2 nitrogen and oxygen atoms in total. The summed E-state index contributed by atoms with van der Waals surface area (Å²) in [7, 11) is 1.94. The molecular weight excluding hydrogens is 282 g/mol. The van der Waals surface area contributed by atoms with Crippen molar-refractivity contribution in [2.24, 2.45) is 0 Å². The van der Waals surface area contributed by atoms with Crippen molar-refractivity contribution in [2.45, 2.75) is 20.4 Å². The summed E-state index contributed by atoms with van der Waals surface area (Å²) in [5.74, 6) is 0.141. The lowest BCUT2D eigenvalue weighted by Gasteiger charge is -2.17. The summed E-state index contributed by atoms with van der Waals surface area (Å²) in [5.41, 5.74) is 4.04. The van der Waals surface area contributed by atoms with Crippen LogP contribution in [0.2, 0.25) is 5.02 Å². The number of nitrogens with zero attached hydrogens (tertiary/aromatic N) is 1. The van der Waals surface area contributed by atoms with E-state index in [1.54, 1.807) is 0 Å². The second kappa shape index (κ2) is 6.88. The fraction of sp³-hybridized carbons (Fsp3) is 0.278. The number of likely N-dealkylation sites (N-methyl/N-ethyl adjacent to an activating group) is 1. The number of hydrogen-bond acceptors (Lipinski definition) is 2. The smallest absolute Gasteiger partial charge is 0.177 e. The average molecular weight is 302 g/mol. The maximum absolute atomic E-state index is 12.4. The van der Waals surface area contributed by atoms with E-state index in [1.165, 1.54) is 5.56 Å². The third kappa shape index (κ3) is 4.16. The van der Waals surface area contributed by atoms with Gasteiger partial charge >= 0.3 is 0 Å². The second-order valence-corrected chi connectivity index (χ2v) is 5.91. The van der Waals surface area contributed by atoms with Gasteiger partial charge in [0.15, 0.2) is 5.78 Å². The molecule has 2 aromatic rings. The first kappa shape index (κ1) is 15.7. The van der Waals surface area contributed by atoms with Crippen molar-refractivity contribution in [3.8, 4) is 0 Å². The molecule has 0 bridgehead atoms. The lowest BCUT2D eigenvalue weighted by atomic mass is 10.0. The highest BCUT2D eigenvalue weighted by molar-refractivity contribution is 6.31. The molecule has 0 unspecified atom stereocenters. The van der Waals surface area contributed by atoms with Crippen molar-refractivity contribution in [2.75, 3.05) is 13.6 Å². The molecule has 0 saturated heterocycles. The minimum atomic E-state index is 0.141. The largest absolute Gasteiger partial charge is 0.295 e. The van der Waals surface area contributed by atoms with Crippen molar-refractivity contribution in [3.63, 3.8) is 0 Å². The number of ketones is 1. The third-order valence-electron chi connectivity index (χ3n) is 3.49. The van der Waals surface area contributed by atoms with Gasteiger partial charge in [-0.2, -0.15) is 0 Å². The van der Waals surface area contributed by atoms with Gasteiger partial charge in [-0.25, -0.2) is 0 Å².